The van der Waals surface area contributed by atoms with Gasteiger partial charge in [0.2, 0.25) is 0 Å². The summed E-state index contributed by atoms with van der Waals surface area (Å²) in [5.74, 6) is 0. The van der Waals surface area contributed by atoms with Crippen LogP contribution in [0, 0.1) is 0 Å². The van der Waals surface area contributed by atoms with Gasteiger partial charge in [0.25, 0.3) is 0 Å². The largest absolute Gasteiger partial charge is 0.338 e. The smallest absolute Gasteiger partial charge is 0.269 e. The Morgan fingerprint density at radius 3 is 2.00 bits per heavy atom. The second-order valence-corrected chi connectivity index (χ2v) is 3.17. The molecule has 6 nitrogen and oxygen atoms in total. The summed E-state index contributed by atoms with van der Waals surface area (Å²) in [5.41, 5.74) is 0. The van der Waals surface area contributed by atoms with Crippen LogP contribution in [0.15, 0.2) is 54.7 Å². The molecule has 0 N–H and O–H groups in total. The van der Waals surface area contributed by atoms with Crippen LogP contribution < -0.4 is 0 Å². The van der Waals surface area contributed by atoms with Gasteiger partial charge in [0.1, 0.15) is 12.7 Å². The van der Waals surface area contributed by atoms with E-state index in [9.17, 15) is 4.79 Å². The first-order chi connectivity index (χ1) is 8.38. The van der Waals surface area contributed by atoms with Gasteiger partial charge < -0.3 is 0 Å². The molecule has 0 saturated carbocycles. The van der Waals surface area contributed by atoms with Gasteiger partial charge in [-0.2, -0.15) is 0 Å². The van der Waals surface area contributed by atoms with Crippen molar-refractivity contribution in [3.05, 3.63) is 49.7 Å². The average Bonchev–Trinajstić information content (AvgIpc) is 3.11. The van der Waals surface area contributed by atoms with Crippen LogP contribution in [0.3, 0.4) is 0 Å². The van der Waals surface area contributed by atoms with E-state index in [0.717, 1.165) is 6.42 Å². The van der Waals surface area contributed by atoms with Crippen molar-refractivity contribution in [3.8, 4) is 0 Å². The van der Waals surface area contributed by atoms with Gasteiger partial charge in [-0.25, -0.2) is 14.8 Å². The molecule has 1 aliphatic heterocycles. The van der Waals surface area contributed by atoms with Crippen molar-refractivity contribution < 1.29 is 4.79 Å². The van der Waals surface area contributed by atoms with Gasteiger partial charge in [-0.1, -0.05) is 6.08 Å². The van der Waals surface area contributed by atoms with Crippen LogP contribution in [-0.4, -0.2) is 31.3 Å². The first-order valence-electron chi connectivity index (χ1n) is 5.05. The lowest BCUT2D eigenvalue weighted by molar-refractivity contribution is 0.244. The highest BCUT2D eigenvalue weighted by Crippen LogP contribution is 1.92. The summed E-state index contributed by atoms with van der Waals surface area (Å²) in [6, 6.07) is -0.190. The molecule has 17 heavy (non-hydrogen) atoms. The average molecular weight is 229 g/mol. The summed E-state index contributed by atoms with van der Waals surface area (Å²) in [7, 11) is 0. The van der Waals surface area contributed by atoms with Crippen LogP contribution >= 0.6 is 0 Å². The Hall–Kier alpha value is -2.50. The van der Waals surface area contributed by atoms with E-state index in [1.165, 1.54) is 21.8 Å². The fraction of sp³-hybridized carbons (Fsp3) is 0.0909. The second-order valence-electron chi connectivity index (χ2n) is 3.17. The van der Waals surface area contributed by atoms with Gasteiger partial charge in [0.05, 0.1) is 0 Å². The van der Waals surface area contributed by atoms with Gasteiger partial charge in [-0.15, -0.1) is 0 Å². The van der Waals surface area contributed by atoms with Gasteiger partial charge in [-0.05, 0) is 0 Å². The molecule has 0 radical (unpaired) electrons. The van der Waals surface area contributed by atoms with Gasteiger partial charge in [0, 0.05) is 43.6 Å². The topological polar surface area (TPSA) is 65.1 Å². The number of carbonyl (C=O) groups is 1. The Morgan fingerprint density at radius 2 is 1.71 bits per heavy atom. The van der Waals surface area contributed by atoms with Crippen molar-refractivity contribution >= 4 is 12.2 Å². The number of aliphatic imine (C=N–C) groups is 1. The lowest BCUT2D eigenvalue weighted by atomic mass is 10.5. The van der Waals surface area contributed by atoms with E-state index in [1.807, 2.05) is 12.3 Å². The fourth-order valence-corrected chi connectivity index (χ4v) is 1.18. The summed E-state index contributed by atoms with van der Waals surface area (Å²) in [6.45, 7) is 0. The minimum Gasteiger partial charge on any atom is -0.269 e. The first-order valence-corrected chi connectivity index (χ1v) is 5.05. The molecule has 0 bridgehead atoms. The van der Waals surface area contributed by atoms with Crippen LogP contribution in [-0.2, 0) is 0 Å². The summed E-state index contributed by atoms with van der Waals surface area (Å²) in [4.78, 5) is 22.7. The number of carbonyl (C=O) groups excluding carboxylic acids is 1. The Kier molecular flexibility index (Phi) is 3.59. The first kappa shape index (κ1) is 11.0. The van der Waals surface area contributed by atoms with Gasteiger partial charge >= 0.3 is 6.03 Å². The summed E-state index contributed by atoms with van der Waals surface area (Å²) in [5, 5.41) is 0. The third-order valence-electron chi connectivity index (χ3n) is 1.99. The van der Waals surface area contributed by atoms with E-state index >= 15 is 0 Å². The standard InChI is InChI=1S/C7H6N4O.C4H5N/c12-7(10-3-1-8-5-10)11-4-2-9-6-11;1-2-4-5-3-1/h1-6H;1,3-4H,2H2. The fourth-order valence-electron chi connectivity index (χ4n) is 1.18. The quantitative estimate of drug-likeness (QED) is 0.688. The van der Waals surface area contributed by atoms with Gasteiger partial charge in [0.15, 0.2) is 0 Å². The molecule has 3 heterocycles. The predicted molar refractivity (Wildman–Crippen MR) is 62.9 cm³/mol. The number of rotatable bonds is 0. The monoisotopic (exact) mass is 229 g/mol. The van der Waals surface area contributed by atoms with Crippen molar-refractivity contribution in [3.63, 3.8) is 0 Å². The zero-order valence-corrected chi connectivity index (χ0v) is 9.05. The number of imidazole rings is 2. The summed E-state index contributed by atoms with van der Waals surface area (Å²) < 4.78 is 2.75. The zero-order valence-electron chi connectivity index (χ0n) is 9.05. The highest BCUT2D eigenvalue weighted by Gasteiger charge is 2.03. The Morgan fingerprint density at radius 1 is 1.06 bits per heavy atom. The van der Waals surface area contributed by atoms with Crippen LogP contribution in [0.2, 0.25) is 0 Å². The minimum absolute atomic E-state index is 0.190. The molecule has 0 amide bonds. The van der Waals surface area contributed by atoms with Crippen LogP contribution in [0.4, 0.5) is 4.79 Å². The van der Waals surface area contributed by atoms with Crippen LogP contribution in [0.25, 0.3) is 0 Å². The van der Waals surface area contributed by atoms with Crippen molar-refractivity contribution in [2.24, 2.45) is 4.99 Å². The van der Waals surface area contributed by atoms with Crippen molar-refractivity contribution in [1.82, 2.24) is 19.1 Å². The number of aromatic nitrogens is 4. The molecule has 2 aromatic rings. The normalized spacial score (nSPS) is 12.2. The molecular formula is C11H11N5O. The molecule has 3 rings (SSSR count). The maximum atomic E-state index is 11.4. The van der Waals surface area contributed by atoms with Crippen molar-refractivity contribution in [2.45, 2.75) is 6.42 Å². The molecule has 0 aromatic carbocycles. The maximum Gasteiger partial charge on any atom is 0.338 e. The Bertz CT molecular complexity index is 464. The molecule has 2 aromatic heterocycles. The highest BCUT2D eigenvalue weighted by atomic mass is 16.2. The molecule has 6 heteroatoms. The van der Waals surface area contributed by atoms with E-state index in [1.54, 1.807) is 31.0 Å². The molecule has 1 aliphatic rings. The summed E-state index contributed by atoms with van der Waals surface area (Å²) in [6.07, 6.45) is 15.9. The van der Waals surface area contributed by atoms with Crippen molar-refractivity contribution in [1.29, 1.82) is 0 Å². The lowest BCUT2D eigenvalue weighted by Crippen LogP contribution is -2.15. The second kappa shape index (κ2) is 5.55. The number of nitrogens with zero attached hydrogens (tertiary/aromatic N) is 5. The van der Waals surface area contributed by atoms with E-state index < -0.39 is 0 Å². The number of allylic oxidation sites excluding steroid dienone is 1. The predicted octanol–water partition coefficient (Wildman–Crippen LogP) is 1.57. The molecule has 0 atom stereocenters. The molecule has 0 saturated heterocycles. The molecule has 86 valence electrons. The summed E-state index contributed by atoms with van der Waals surface area (Å²) >= 11 is 0. The molecule has 0 aliphatic carbocycles. The van der Waals surface area contributed by atoms with E-state index in [2.05, 4.69) is 15.0 Å². The molecule has 0 unspecified atom stereocenters. The SMILES string of the molecule is C1=CN=CC1.O=C(n1ccnc1)n1ccnc1. The Labute approximate surface area is 98.0 Å². The Balaban J connectivity index is 0.000000181. The highest BCUT2D eigenvalue weighted by molar-refractivity contribution is 5.78. The molecule has 0 spiro atoms. The van der Waals surface area contributed by atoms with Crippen LogP contribution in [0.1, 0.15) is 6.42 Å². The van der Waals surface area contributed by atoms with Crippen molar-refractivity contribution in [2.75, 3.05) is 0 Å². The molecular weight excluding hydrogens is 218 g/mol. The van der Waals surface area contributed by atoms with Gasteiger partial charge in [-0.3, -0.25) is 14.1 Å². The molecule has 0 fully saturated rings. The maximum absolute atomic E-state index is 11.4. The number of hydrogen-bond donors (Lipinski definition) is 0. The minimum atomic E-state index is -0.190. The lowest BCUT2D eigenvalue weighted by Gasteiger charge is -1.98. The van der Waals surface area contributed by atoms with E-state index in [-0.39, 0.29) is 6.03 Å². The van der Waals surface area contributed by atoms with E-state index in [0.29, 0.717) is 0 Å². The zero-order chi connectivity index (χ0) is 11.9. The van der Waals surface area contributed by atoms with Crippen LogP contribution in [0.5, 0.6) is 0 Å². The third kappa shape index (κ3) is 2.97. The van der Waals surface area contributed by atoms with E-state index in [4.69, 9.17) is 0 Å². The number of hydrogen-bond acceptors (Lipinski definition) is 4. The third-order valence-corrected chi connectivity index (χ3v) is 1.99.